The predicted molar refractivity (Wildman–Crippen MR) is 107 cm³/mol. The standard InChI is InChI=1S/C21H23N5O2/c27-20(19(25-11-3-4-12-25)17-7-5-9-22-14-17)23-10-13-26-21(28)18-8-2-1-6-16(18)15-24-26/h1-2,5-9,14-15,19H,3-4,10-13H2,(H,23,27). The number of likely N-dealkylation sites (tertiary alicyclic amines) is 1. The largest absolute Gasteiger partial charge is 0.353 e. The summed E-state index contributed by atoms with van der Waals surface area (Å²) in [6.07, 6.45) is 7.33. The van der Waals surface area contributed by atoms with Gasteiger partial charge >= 0.3 is 0 Å². The number of carbonyl (C=O) groups is 1. The van der Waals surface area contributed by atoms with Crippen molar-refractivity contribution in [3.8, 4) is 0 Å². The Balaban J connectivity index is 1.45. The van der Waals surface area contributed by atoms with Crippen molar-refractivity contribution in [3.63, 3.8) is 0 Å². The van der Waals surface area contributed by atoms with E-state index in [-0.39, 0.29) is 17.5 Å². The zero-order valence-electron chi connectivity index (χ0n) is 15.6. The smallest absolute Gasteiger partial charge is 0.274 e. The second kappa shape index (κ2) is 8.31. The summed E-state index contributed by atoms with van der Waals surface area (Å²) in [6, 6.07) is 10.8. The summed E-state index contributed by atoms with van der Waals surface area (Å²) in [5, 5.41) is 8.64. The first-order chi connectivity index (χ1) is 13.7. The summed E-state index contributed by atoms with van der Waals surface area (Å²) in [5.74, 6) is -0.0660. The van der Waals surface area contributed by atoms with Crippen molar-refractivity contribution in [2.75, 3.05) is 19.6 Å². The van der Waals surface area contributed by atoms with Crippen LogP contribution in [0.1, 0.15) is 24.4 Å². The molecule has 144 valence electrons. The van der Waals surface area contributed by atoms with E-state index < -0.39 is 0 Å². The van der Waals surface area contributed by atoms with E-state index in [4.69, 9.17) is 0 Å². The van der Waals surface area contributed by atoms with Crippen LogP contribution in [0.25, 0.3) is 10.8 Å². The van der Waals surface area contributed by atoms with Crippen molar-refractivity contribution in [2.24, 2.45) is 0 Å². The molecule has 3 aromatic rings. The lowest BCUT2D eigenvalue weighted by atomic mass is 10.1. The summed E-state index contributed by atoms with van der Waals surface area (Å²) < 4.78 is 1.40. The SMILES string of the molecule is O=C(NCCn1ncc2ccccc2c1=O)C(c1cccnc1)N1CCCC1. The minimum absolute atomic E-state index is 0.0660. The molecule has 1 aliphatic heterocycles. The van der Waals surface area contributed by atoms with Gasteiger partial charge < -0.3 is 5.32 Å². The van der Waals surface area contributed by atoms with Crippen LogP contribution in [0.3, 0.4) is 0 Å². The lowest BCUT2D eigenvalue weighted by molar-refractivity contribution is -0.126. The van der Waals surface area contributed by atoms with Crippen LogP contribution in [0, 0.1) is 0 Å². The second-order valence-corrected chi connectivity index (χ2v) is 6.98. The highest BCUT2D eigenvalue weighted by Gasteiger charge is 2.29. The van der Waals surface area contributed by atoms with E-state index in [2.05, 4.69) is 20.3 Å². The number of pyridine rings is 1. The van der Waals surface area contributed by atoms with Gasteiger partial charge in [0.2, 0.25) is 5.91 Å². The number of benzene rings is 1. The van der Waals surface area contributed by atoms with Gasteiger partial charge in [-0.25, -0.2) is 4.68 Å². The van der Waals surface area contributed by atoms with E-state index in [1.54, 1.807) is 24.7 Å². The first-order valence-corrected chi connectivity index (χ1v) is 9.60. The molecule has 0 radical (unpaired) electrons. The summed E-state index contributed by atoms with van der Waals surface area (Å²) in [4.78, 5) is 31.8. The molecule has 1 atom stereocenters. The molecule has 1 aliphatic rings. The highest BCUT2D eigenvalue weighted by molar-refractivity contribution is 5.83. The van der Waals surface area contributed by atoms with Gasteiger partial charge in [-0.1, -0.05) is 24.3 Å². The van der Waals surface area contributed by atoms with Crippen LogP contribution in [-0.4, -0.2) is 45.2 Å². The molecule has 3 heterocycles. The molecule has 0 spiro atoms. The zero-order chi connectivity index (χ0) is 19.3. The summed E-state index contributed by atoms with van der Waals surface area (Å²) in [6.45, 7) is 2.47. The number of fused-ring (bicyclic) bond motifs is 1. The molecular formula is C21H23N5O2. The van der Waals surface area contributed by atoms with Gasteiger partial charge in [-0.05, 0) is 43.6 Å². The molecule has 1 unspecified atom stereocenters. The minimum Gasteiger partial charge on any atom is -0.353 e. The van der Waals surface area contributed by atoms with E-state index in [0.29, 0.717) is 18.5 Å². The van der Waals surface area contributed by atoms with Gasteiger partial charge in [0.1, 0.15) is 6.04 Å². The third kappa shape index (κ3) is 3.80. The molecule has 0 saturated carbocycles. The van der Waals surface area contributed by atoms with Gasteiger partial charge in [0.25, 0.3) is 5.56 Å². The summed E-state index contributed by atoms with van der Waals surface area (Å²) >= 11 is 0. The topological polar surface area (TPSA) is 80.1 Å². The molecule has 1 fully saturated rings. The van der Waals surface area contributed by atoms with E-state index in [1.165, 1.54) is 4.68 Å². The predicted octanol–water partition coefficient (Wildman–Crippen LogP) is 1.74. The maximum atomic E-state index is 12.9. The Morgan fingerprint density at radius 1 is 1.11 bits per heavy atom. The van der Waals surface area contributed by atoms with Crippen LogP contribution in [0.5, 0.6) is 0 Å². The lowest BCUT2D eigenvalue weighted by Crippen LogP contribution is -2.41. The molecule has 7 heteroatoms. The Bertz CT molecular complexity index is 1010. The molecular weight excluding hydrogens is 354 g/mol. The highest BCUT2D eigenvalue weighted by atomic mass is 16.2. The van der Waals surface area contributed by atoms with Crippen molar-refractivity contribution in [3.05, 3.63) is 70.9 Å². The van der Waals surface area contributed by atoms with Gasteiger partial charge in [-0.2, -0.15) is 5.10 Å². The van der Waals surface area contributed by atoms with Crippen LogP contribution in [-0.2, 0) is 11.3 Å². The fourth-order valence-corrected chi connectivity index (χ4v) is 3.73. The molecule has 1 amide bonds. The average Bonchev–Trinajstić information content (AvgIpc) is 3.25. The number of nitrogens with one attached hydrogen (secondary N) is 1. The van der Waals surface area contributed by atoms with Gasteiger partial charge in [-0.15, -0.1) is 0 Å². The molecule has 1 N–H and O–H groups in total. The number of nitrogens with zero attached hydrogens (tertiary/aromatic N) is 4. The molecule has 2 aromatic heterocycles. The molecule has 4 rings (SSSR count). The van der Waals surface area contributed by atoms with E-state index in [9.17, 15) is 9.59 Å². The van der Waals surface area contributed by atoms with Crippen LogP contribution in [0.2, 0.25) is 0 Å². The van der Waals surface area contributed by atoms with Crippen molar-refractivity contribution >= 4 is 16.7 Å². The average molecular weight is 377 g/mol. The third-order valence-corrected chi connectivity index (χ3v) is 5.14. The fourth-order valence-electron chi connectivity index (χ4n) is 3.73. The Hall–Kier alpha value is -3.06. The van der Waals surface area contributed by atoms with Crippen LogP contribution < -0.4 is 10.9 Å². The number of amides is 1. The van der Waals surface area contributed by atoms with Gasteiger partial charge in [0, 0.05) is 24.3 Å². The third-order valence-electron chi connectivity index (χ3n) is 5.14. The number of aromatic nitrogens is 3. The highest BCUT2D eigenvalue weighted by Crippen LogP contribution is 2.24. The molecule has 1 saturated heterocycles. The monoisotopic (exact) mass is 377 g/mol. The number of hydrogen-bond donors (Lipinski definition) is 1. The van der Waals surface area contributed by atoms with Gasteiger partial charge in [0.15, 0.2) is 0 Å². The lowest BCUT2D eigenvalue weighted by Gasteiger charge is -2.26. The zero-order valence-corrected chi connectivity index (χ0v) is 15.6. The number of carbonyl (C=O) groups excluding carboxylic acids is 1. The Labute approximate surface area is 163 Å². The molecule has 0 aliphatic carbocycles. The van der Waals surface area contributed by atoms with Crippen LogP contribution in [0.4, 0.5) is 0 Å². The number of hydrogen-bond acceptors (Lipinski definition) is 5. The normalized spacial score (nSPS) is 15.6. The fraction of sp³-hybridized carbons (Fsp3) is 0.333. The molecule has 1 aromatic carbocycles. The Morgan fingerprint density at radius 2 is 1.93 bits per heavy atom. The van der Waals surface area contributed by atoms with Crippen molar-refractivity contribution in [1.29, 1.82) is 0 Å². The second-order valence-electron chi connectivity index (χ2n) is 6.98. The van der Waals surface area contributed by atoms with Gasteiger partial charge in [0.05, 0.1) is 18.1 Å². The number of rotatable bonds is 6. The summed E-state index contributed by atoms with van der Waals surface area (Å²) in [7, 11) is 0. The molecule has 0 bridgehead atoms. The summed E-state index contributed by atoms with van der Waals surface area (Å²) in [5.41, 5.74) is 0.749. The Morgan fingerprint density at radius 3 is 2.71 bits per heavy atom. The first kappa shape index (κ1) is 18.3. The van der Waals surface area contributed by atoms with E-state index in [0.717, 1.165) is 36.9 Å². The van der Waals surface area contributed by atoms with E-state index >= 15 is 0 Å². The maximum Gasteiger partial charge on any atom is 0.274 e. The molecule has 7 nitrogen and oxygen atoms in total. The van der Waals surface area contributed by atoms with Crippen LogP contribution >= 0.6 is 0 Å². The molecule has 28 heavy (non-hydrogen) atoms. The van der Waals surface area contributed by atoms with Crippen molar-refractivity contribution in [1.82, 2.24) is 25.0 Å². The van der Waals surface area contributed by atoms with Gasteiger partial charge in [-0.3, -0.25) is 19.5 Å². The van der Waals surface area contributed by atoms with Crippen molar-refractivity contribution in [2.45, 2.75) is 25.4 Å². The minimum atomic E-state index is -0.350. The van der Waals surface area contributed by atoms with Crippen molar-refractivity contribution < 1.29 is 4.79 Å². The Kier molecular flexibility index (Phi) is 5.43. The quantitative estimate of drug-likeness (QED) is 0.708. The maximum absolute atomic E-state index is 12.9. The van der Waals surface area contributed by atoms with E-state index in [1.807, 2.05) is 30.3 Å². The first-order valence-electron chi connectivity index (χ1n) is 9.60. The van der Waals surface area contributed by atoms with Crippen LogP contribution in [0.15, 0.2) is 59.8 Å².